The lowest BCUT2D eigenvalue weighted by Crippen LogP contribution is -2.23. The molecule has 0 aromatic heterocycles. The van der Waals surface area contributed by atoms with Gasteiger partial charge in [0.2, 0.25) is 5.91 Å². The van der Waals surface area contributed by atoms with Crippen molar-refractivity contribution in [3.8, 4) is 0 Å². The van der Waals surface area contributed by atoms with Crippen molar-refractivity contribution < 1.29 is 9.18 Å². The van der Waals surface area contributed by atoms with Gasteiger partial charge >= 0.3 is 0 Å². The SMILES string of the molecule is Nc1cccc(CCC(=O)NCc2cc(F)ccc2Br)c1. The van der Waals surface area contributed by atoms with Crippen molar-refractivity contribution in [2.24, 2.45) is 0 Å². The van der Waals surface area contributed by atoms with Gasteiger partial charge in [-0.3, -0.25) is 4.79 Å². The second-order valence-corrected chi connectivity index (χ2v) is 5.61. The second kappa shape index (κ2) is 7.22. The highest BCUT2D eigenvalue weighted by Crippen LogP contribution is 2.17. The molecule has 0 atom stereocenters. The molecule has 2 aromatic carbocycles. The van der Waals surface area contributed by atoms with Gasteiger partial charge < -0.3 is 11.1 Å². The number of nitrogens with one attached hydrogen (secondary N) is 1. The minimum Gasteiger partial charge on any atom is -0.399 e. The highest BCUT2D eigenvalue weighted by Gasteiger charge is 2.06. The first-order valence-electron chi connectivity index (χ1n) is 6.59. The molecule has 0 saturated carbocycles. The maximum absolute atomic E-state index is 13.1. The molecule has 3 nitrogen and oxygen atoms in total. The molecule has 0 bridgehead atoms. The van der Waals surface area contributed by atoms with E-state index < -0.39 is 0 Å². The van der Waals surface area contributed by atoms with Gasteiger partial charge in [-0.05, 0) is 47.9 Å². The molecular weight excluding hydrogens is 335 g/mol. The van der Waals surface area contributed by atoms with Gasteiger partial charge in [-0.1, -0.05) is 28.1 Å². The van der Waals surface area contributed by atoms with Gasteiger partial charge in [0.25, 0.3) is 0 Å². The Morgan fingerprint density at radius 1 is 1.24 bits per heavy atom. The fraction of sp³-hybridized carbons (Fsp3) is 0.188. The largest absolute Gasteiger partial charge is 0.399 e. The monoisotopic (exact) mass is 350 g/mol. The summed E-state index contributed by atoms with van der Waals surface area (Å²) < 4.78 is 13.9. The summed E-state index contributed by atoms with van der Waals surface area (Å²) in [6.45, 7) is 0.300. The molecular formula is C16H16BrFN2O. The van der Waals surface area contributed by atoms with Gasteiger partial charge in [-0.25, -0.2) is 4.39 Å². The van der Waals surface area contributed by atoms with E-state index >= 15 is 0 Å². The van der Waals surface area contributed by atoms with Gasteiger partial charge in [-0.15, -0.1) is 0 Å². The molecule has 0 aliphatic heterocycles. The normalized spacial score (nSPS) is 10.4. The average molecular weight is 351 g/mol. The minimum absolute atomic E-state index is 0.0754. The molecule has 1 amide bonds. The van der Waals surface area contributed by atoms with E-state index in [-0.39, 0.29) is 11.7 Å². The molecule has 0 unspecified atom stereocenters. The van der Waals surface area contributed by atoms with Crippen LogP contribution in [0.3, 0.4) is 0 Å². The van der Waals surface area contributed by atoms with E-state index in [0.29, 0.717) is 30.6 Å². The highest BCUT2D eigenvalue weighted by atomic mass is 79.9. The second-order valence-electron chi connectivity index (χ2n) is 4.76. The van der Waals surface area contributed by atoms with E-state index in [9.17, 15) is 9.18 Å². The van der Waals surface area contributed by atoms with Gasteiger partial charge in [0.1, 0.15) is 5.82 Å². The molecule has 2 aromatic rings. The Morgan fingerprint density at radius 2 is 2.05 bits per heavy atom. The maximum atomic E-state index is 13.1. The van der Waals surface area contributed by atoms with Gasteiger partial charge in [0.05, 0.1) is 0 Å². The first-order valence-corrected chi connectivity index (χ1v) is 7.39. The van der Waals surface area contributed by atoms with Crippen molar-refractivity contribution >= 4 is 27.5 Å². The molecule has 0 saturated heterocycles. The predicted molar refractivity (Wildman–Crippen MR) is 85.1 cm³/mol. The van der Waals surface area contributed by atoms with E-state index in [1.54, 1.807) is 6.07 Å². The Labute approximate surface area is 131 Å². The number of halogens is 2. The van der Waals surface area contributed by atoms with Crippen LogP contribution in [-0.4, -0.2) is 5.91 Å². The van der Waals surface area contributed by atoms with Crippen molar-refractivity contribution in [2.75, 3.05) is 5.73 Å². The topological polar surface area (TPSA) is 55.1 Å². The number of carbonyl (C=O) groups excluding carboxylic acids is 1. The number of carbonyl (C=O) groups is 1. The third kappa shape index (κ3) is 4.86. The van der Waals surface area contributed by atoms with E-state index in [4.69, 9.17) is 5.73 Å². The smallest absolute Gasteiger partial charge is 0.220 e. The molecule has 0 heterocycles. The summed E-state index contributed by atoms with van der Waals surface area (Å²) in [6.07, 6.45) is 0.998. The third-order valence-electron chi connectivity index (χ3n) is 3.08. The van der Waals surface area contributed by atoms with E-state index in [0.717, 1.165) is 10.0 Å². The van der Waals surface area contributed by atoms with Crippen molar-refractivity contribution in [3.63, 3.8) is 0 Å². The standard InChI is InChI=1S/C16H16BrFN2O/c17-15-6-5-13(18)9-12(15)10-20-16(21)7-4-11-2-1-3-14(19)8-11/h1-3,5-6,8-9H,4,7,10,19H2,(H,20,21). The zero-order valence-corrected chi connectivity index (χ0v) is 13.0. The maximum Gasteiger partial charge on any atom is 0.220 e. The number of benzene rings is 2. The van der Waals surface area contributed by atoms with Crippen LogP contribution in [0.2, 0.25) is 0 Å². The van der Waals surface area contributed by atoms with Gasteiger partial charge in [-0.2, -0.15) is 0 Å². The van der Waals surface area contributed by atoms with Crippen LogP contribution in [0.15, 0.2) is 46.9 Å². The summed E-state index contributed by atoms with van der Waals surface area (Å²) in [5.74, 6) is -0.393. The zero-order chi connectivity index (χ0) is 15.2. The number of amides is 1. The first kappa shape index (κ1) is 15.5. The Morgan fingerprint density at radius 3 is 2.81 bits per heavy atom. The molecule has 110 valence electrons. The number of aryl methyl sites for hydroxylation is 1. The lowest BCUT2D eigenvalue weighted by molar-refractivity contribution is -0.121. The Bertz CT molecular complexity index is 646. The first-order chi connectivity index (χ1) is 10.0. The van der Waals surface area contributed by atoms with E-state index in [2.05, 4.69) is 21.2 Å². The fourth-order valence-corrected chi connectivity index (χ4v) is 2.35. The summed E-state index contributed by atoms with van der Waals surface area (Å²) >= 11 is 3.33. The third-order valence-corrected chi connectivity index (χ3v) is 3.85. The van der Waals surface area contributed by atoms with Crippen molar-refractivity contribution in [1.82, 2.24) is 5.32 Å². The zero-order valence-electron chi connectivity index (χ0n) is 11.4. The van der Waals surface area contributed by atoms with Crippen LogP contribution in [0, 0.1) is 5.82 Å². The quantitative estimate of drug-likeness (QED) is 0.811. The summed E-state index contributed by atoms with van der Waals surface area (Å²) in [5.41, 5.74) is 8.12. The van der Waals surface area contributed by atoms with Crippen LogP contribution in [-0.2, 0) is 17.8 Å². The van der Waals surface area contributed by atoms with Crippen LogP contribution in [0.1, 0.15) is 17.5 Å². The van der Waals surface area contributed by atoms with Crippen LogP contribution >= 0.6 is 15.9 Å². The summed E-state index contributed by atoms with van der Waals surface area (Å²) in [5, 5.41) is 2.79. The summed E-state index contributed by atoms with van der Waals surface area (Å²) in [7, 11) is 0. The summed E-state index contributed by atoms with van der Waals surface area (Å²) in [4.78, 5) is 11.8. The molecule has 0 spiro atoms. The molecule has 2 rings (SSSR count). The molecule has 0 fully saturated rings. The Kier molecular flexibility index (Phi) is 5.33. The van der Waals surface area contributed by atoms with Gasteiger partial charge in [0.15, 0.2) is 0 Å². The number of nitrogen functional groups attached to an aromatic ring is 1. The van der Waals surface area contributed by atoms with Crippen LogP contribution in [0.25, 0.3) is 0 Å². The van der Waals surface area contributed by atoms with Crippen molar-refractivity contribution in [3.05, 3.63) is 63.9 Å². The average Bonchev–Trinajstić information content (AvgIpc) is 2.46. The molecule has 3 N–H and O–H groups in total. The van der Waals surface area contributed by atoms with E-state index in [1.165, 1.54) is 12.1 Å². The lowest BCUT2D eigenvalue weighted by atomic mass is 10.1. The van der Waals surface area contributed by atoms with Crippen molar-refractivity contribution in [2.45, 2.75) is 19.4 Å². The van der Waals surface area contributed by atoms with Crippen LogP contribution in [0.5, 0.6) is 0 Å². The Hall–Kier alpha value is -1.88. The summed E-state index contributed by atoms with van der Waals surface area (Å²) in [6, 6.07) is 11.9. The predicted octanol–water partition coefficient (Wildman–Crippen LogP) is 3.42. The number of rotatable bonds is 5. The number of anilines is 1. The van der Waals surface area contributed by atoms with Gasteiger partial charge in [0, 0.05) is 23.1 Å². The lowest BCUT2D eigenvalue weighted by Gasteiger charge is -2.08. The number of nitrogens with two attached hydrogens (primary N) is 1. The fourth-order valence-electron chi connectivity index (χ4n) is 1.97. The molecule has 0 radical (unpaired) electrons. The van der Waals surface area contributed by atoms with Crippen LogP contribution < -0.4 is 11.1 Å². The Balaban J connectivity index is 1.83. The molecule has 0 aliphatic carbocycles. The van der Waals surface area contributed by atoms with Crippen LogP contribution in [0.4, 0.5) is 10.1 Å². The molecule has 5 heteroatoms. The molecule has 0 aliphatic rings. The number of hydrogen-bond donors (Lipinski definition) is 2. The van der Waals surface area contributed by atoms with Crippen molar-refractivity contribution in [1.29, 1.82) is 0 Å². The number of hydrogen-bond acceptors (Lipinski definition) is 2. The highest BCUT2D eigenvalue weighted by molar-refractivity contribution is 9.10. The van der Waals surface area contributed by atoms with E-state index in [1.807, 2.05) is 24.3 Å². The minimum atomic E-state index is -0.317. The molecule has 21 heavy (non-hydrogen) atoms.